The molecular weight excluding hydrogens is 375 g/mol. The van der Waals surface area contributed by atoms with E-state index in [0.717, 1.165) is 53.7 Å². The van der Waals surface area contributed by atoms with E-state index in [4.69, 9.17) is 0 Å². The standard InChI is InChI=1S/C21H23FN4OS/c1-15-5-2-3-6-16(15)20(27)23-9-10-25-11-13-26(14-12-25)21-24-19-17(22)7-4-8-18(19)28-21/h2-8H,9-14H2,1H3,(H,23,27). The fraction of sp³-hybridized carbons (Fsp3) is 0.333. The highest BCUT2D eigenvalue weighted by Crippen LogP contribution is 2.30. The summed E-state index contributed by atoms with van der Waals surface area (Å²) in [6.45, 7) is 6.90. The van der Waals surface area contributed by atoms with Gasteiger partial charge in [0.2, 0.25) is 0 Å². The smallest absolute Gasteiger partial charge is 0.251 e. The molecule has 5 nitrogen and oxygen atoms in total. The molecule has 0 radical (unpaired) electrons. The number of hydrogen-bond donors (Lipinski definition) is 1. The molecule has 2 aromatic carbocycles. The first kappa shape index (κ1) is 18.8. The number of amides is 1. The normalized spacial score (nSPS) is 15.1. The summed E-state index contributed by atoms with van der Waals surface area (Å²) in [4.78, 5) is 21.3. The maximum atomic E-state index is 13.9. The molecule has 7 heteroatoms. The predicted molar refractivity (Wildman–Crippen MR) is 112 cm³/mol. The van der Waals surface area contributed by atoms with Crippen LogP contribution >= 0.6 is 11.3 Å². The number of nitrogens with one attached hydrogen (secondary N) is 1. The van der Waals surface area contributed by atoms with Crippen LogP contribution in [-0.2, 0) is 0 Å². The van der Waals surface area contributed by atoms with Gasteiger partial charge in [0.25, 0.3) is 5.91 Å². The number of piperazine rings is 1. The molecule has 0 atom stereocenters. The van der Waals surface area contributed by atoms with E-state index < -0.39 is 0 Å². The molecule has 0 aliphatic carbocycles. The molecule has 1 aliphatic rings. The lowest BCUT2D eigenvalue weighted by atomic mass is 10.1. The SMILES string of the molecule is Cc1ccccc1C(=O)NCCN1CCN(c2nc3c(F)cccc3s2)CC1. The minimum absolute atomic E-state index is 0.0201. The van der Waals surface area contributed by atoms with Gasteiger partial charge in [0, 0.05) is 44.8 Å². The Morgan fingerprint density at radius 2 is 1.93 bits per heavy atom. The quantitative estimate of drug-likeness (QED) is 0.717. The average Bonchev–Trinajstić information content (AvgIpc) is 3.14. The zero-order valence-corrected chi connectivity index (χ0v) is 16.6. The van der Waals surface area contributed by atoms with Crippen LogP contribution in [0.3, 0.4) is 0 Å². The van der Waals surface area contributed by atoms with E-state index in [1.165, 1.54) is 17.4 Å². The monoisotopic (exact) mass is 398 g/mol. The summed E-state index contributed by atoms with van der Waals surface area (Å²) < 4.78 is 14.7. The number of fused-ring (bicyclic) bond motifs is 1. The van der Waals surface area contributed by atoms with Crippen LogP contribution in [0.15, 0.2) is 42.5 Å². The molecule has 1 aliphatic heterocycles. The Hall–Kier alpha value is -2.51. The number of aromatic nitrogens is 1. The first-order valence-corrected chi connectivity index (χ1v) is 10.3. The number of halogens is 1. The van der Waals surface area contributed by atoms with Crippen LogP contribution in [0.1, 0.15) is 15.9 Å². The van der Waals surface area contributed by atoms with E-state index in [1.54, 1.807) is 6.07 Å². The van der Waals surface area contributed by atoms with E-state index in [1.807, 2.05) is 37.3 Å². The van der Waals surface area contributed by atoms with Crippen LogP contribution in [0.25, 0.3) is 10.2 Å². The van der Waals surface area contributed by atoms with Crippen molar-refractivity contribution in [1.82, 2.24) is 15.2 Å². The van der Waals surface area contributed by atoms with Gasteiger partial charge >= 0.3 is 0 Å². The van der Waals surface area contributed by atoms with Gasteiger partial charge < -0.3 is 10.2 Å². The van der Waals surface area contributed by atoms with Gasteiger partial charge in [-0.05, 0) is 30.7 Å². The highest BCUT2D eigenvalue weighted by Gasteiger charge is 2.20. The maximum Gasteiger partial charge on any atom is 0.251 e. The zero-order chi connectivity index (χ0) is 19.5. The van der Waals surface area contributed by atoms with Crippen LogP contribution in [0.5, 0.6) is 0 Å². The van der Waals surface area contributed by atoms with Crippen molar-refractivity contribution in [2.45, 2.75) is 6.92 Å². The topological polar surface area (TPSA) is 48.5 Å². The zero-order valence-electron chi connectivity index (χ0n) is 15.8. The second kappa shape index (κ2) is 8.24. The summed E-state index contributed by atoms with van der Waals surface area (Å²) in [7, 11) is 0. The highest BCUT2D eigenvalue weighted by molar-refractivity contribution is 7.22. The number of carbonyl (C=O) groups excluding carboxylic acids is 1. The summed E-state index contributed by atoms with van der Waals surface area (Å²) in [5, 5.41) is 3.89. The fourth-order valence-corrected chi connectivity index (χ4v) is 4.48. The summed E-state index contributed by atoms with van der Waals surface area (Å²) >= 11 is 1.54. The Balaban J connectivity index is 1.27. The minimum Gasteiger partial charge on any atom is -0.351 e. The van der Waals surface area contributed by atoms with Crippen molar-refractivity contribution in [1.29, 1.82) is 0 Å². The van der Waals surface area contributed by atoms with Crippen LogP contribution < -0.4 is 10.2 Å². The first-order chi connectivity index (χ1) is 13.6. The molecule has 28 heavy (non-hydrogen) atoms. The van der Waals surface area contributed by atoms with Crippen molar-refractivity contribution in [3.63, 3.8) is 0 Å². The van der Waals surface area contributed by atoms with Crippen LogP contribution in [0.4, 0.5) is 9.52 Å². The van der Waals surface area contributed by atoms with Gasteiger partial charge in [-0.2, -0.15) is 0 Å². The molecule has 3 aromatic rings. The number of benzene rings is 2. The lowest BCUT2D eigenvalue weighted by Gasteiger charge is -2.34. The molecule has 0 spiro atoms. The predicted octanol–water partition coefficient (Wildman–Crippen LogP) is 3.30. The van der Waals surface area contributed by atoms with Crippen molar-refractivity contribution >= 4 is 32.6 Å². The Labute approximate surface area is 167 Å². The van der Waals surface area contributed by atoms with Crippen molar-refractivity contribution in [3.8, 4) is 0 Å². The molecule has 1 fully saturated rings. The van der Waals surface area contributed by atoms with Gasteiger partial charge in [-0.1, -0.05) is 35.6 Å². The molecule has 146 valence electrons. The van der Waals surface area contributed by atoms with Crippen molar-refractivity contribution in [2.75, 3.05) is 44.2 Å². The van der Waals surface area contributed by atoms with Gasteiger partial charge in [0.1, 0.15) is 11.3 Å². The molecule has 0 unspecified atom stereocenters. The van der Waals surface area contributed by atoms with Gasteiger partial charge in [0.05, 0.1) is 4.70 Å². The maximum absolute atomic E-state index is 13.9. The third kappa shape index (κ3) is 4.00. The van der Waals surface area contributed by atoms with E-state index in [9.17, 15) is 9.18 Å². The van der Waals surface area contributed by atoms with E-state index in [0.29, 0.717) is 12.1 Å². The van der Waals surface area contributed by atoms with Crippen molar-refractivity contribution in [2.24, 2.45) is 0 Å². The number of rotatable bonds is 5. The second-order valence-corrected chi connectivity index (χ2v) is 7.99. The Morgan fingerprint density at radius 1 is 1.14 bits per heavy atom. The fourth-order valence-electron chi connectivity index (χ4n) is 3.45. The number of anilines is 1. The van der Waals surface area contributed by atoms with Gasteiger partial charge in [-0.15, -0.1) is 0 Å². The van der Waals surface area contributed by atoms with Gasteiger partial charge in [0.15, 0.2) is 5.13 Å². The Morgan fingerprint density at radius 3 is 2.68 bits per heavy atom. The Kier molecular flexibility index (Phi) is 5.54. The average molecular weight is 399 g/mol. The molecule has 2 heterocycles. The van der Waals surface area contributed by atoms with E-state index in [2.05, 4.69) is 20.1 Å². The molecule has 1 amide bonds. The number of nitrogens with zero attached hydrogens (tertiary/aromatic N) is 3. The number of carbonyl (C=O) groups is 1. The van der Waals surface area contributed by atoms with Crippen molar-refractivity contribution < 1.29 is 9.18 Å². The van der Waals surface area contributed by atoms with Gasteiger partial charge in [-0.25, -0.2) is 9.37 Å². The largest absolute Gasteiger partial charge is 0.351 e. The number of hydrogen-bond acceptors (Lipinski definition) is 5. The summed E-state index contributed by atoms with van der Waals surface area (Å²) in [5.41, 5.74) is 2.18. The molecule has 1 saturated heterocycles. The lowest BCUT2D eigenvalue weighted by molar-refractivity contribution is 0.0947. The number of thiazole rings is 1. The third-order valence-corrected chi connectivity index (χ3v) is 6.19. The molecule has 0 saturated carbocycles. The molecule has 4 rings (SSSR count). The highest BCUT2D eigenvalue weighted by atomic mass is 32.1. The molecule has 1 aromatic heterocycles. The molecule has 1 N–H and O–H groups in total. The molecular formula is C21H23FN4OS. The number of aryl methyl sites for hydroxylation is 1. The first-order valence-electron chi connectivity index (χ1n) is 9.48. The van der Waals surface area contributed by atoms with E-state index in [-0.39, 0.29) is 11.7 Å². The second-order valence-electron chi connectivity index (χ2n) is 6.98. The third-order valence-electron chi connectivity index (χ3n) is 5.10. The summed E-state index contributed by atoms with van der Waals surface area (Å²) in [6, 6.07) is 12.7. The lowest BCUT2D eigenvalue weighted by Crippen LogP contribution is -2.48. The molecule has 0 bridgehead atoms. The van der Waals surface area contributed by atoms with Gasteiger partial charge in [-0.3, -0.25) is 9.69 Å². The Bertz CT molecular complexity index is 981. The summed E-state index contributed by atoms with van der Waals surface area (Å²) in [6.07, 6.45) is 0. The van der Waals surface area contributed by atoms with Crippen LogP contribution in [-0.4, -0.2) is 55.1 Å². The number of para-hydroxylation sites is 1. The van der Waals surface area contributed by atoms with E-state index >= 15 is 0 Å². The van der Waals surface area contributed by atoms with Crippen LogP contribution in [0.2, 0.25) is 0 Å². The van der Waals surface area contributed by atoms with Crippen molar-refractivity contribution in [3.05, 3.63) is 59.4 Å². The minimum atomic E-state index is -0.261. The van der Waals surface area contributed by atoms with Crippen LogP contribution in [0, 0.1) is 12.7 Å². The summed E-state index contributed by atoms with van der Waals surface area (Å²) in [5.74, 6) is -0.281.